The fourth-order valence-corrected chi connectivity index (χ4v) is 1.99. The van der Waals surface area contributed by atoms with Crippen LogP contribution in [0.5, 0.6) is 5.88 Å². The molecule has 0 bridgehead atoms. The van der Waals surface area contributed by atoms with Crippen LogP contribution in [0.25, 0.3) is 16.4 Å². The molecule has 0 spiro atoms. The number of benzene rings is 1. The van der Waals surface area contributed by atoms with E-state index in [0.717, 1.165) is 22.1 Å². The lowest BCUT2D eigenvalue weighted by molar-refractivity contribution is 0.326. The summed E-state index contributed by atoms with van der Waals surface area (Å²) in [5.41, 5.74) is 1.88. The van der Waals surface area contributed by atoms with Gasteiger partial charge in [0, 0.05) is 10.8 Å². The molecule has 0 atom stereocenters. The molecule has 3 aromatic rings. The van der Waals surface area contributed by atoms with Gasteiger partial charge in [0.1, 0.15) is 0 Å². The number of nitrogens with zero attached hydrogens (tertiary/aromatic N) is 3. The summed E-state index contributed by atoms with van der Waals surface area (Å²) in [4.78, 5) is 4.39. The summed E-state index contributed by atoms with van der Waals surface area (Å²) in [5, 5.41) is 6.56. The third kappa shape index (κ3) is 1.45. The summed E-state index contributed by atoms with van der Waals surface area (Å²) in [6.07, 6.45) is 1.82. The van der Waals surface area contributed by atoms with E-state index < -0.39 is 0 Å². The first-order valence-electron chi connectivity index (χ1n) is 5.67. The number of fused-ring (bicyclic) bond motifs is 3. The Bertz CT molecular complexity index is 688. The first kappa shape index (κ1) is 10.1. The number of imidazole rings is 1. The second kappa shape index (κ2) is 3.73. The number of aromatic nitrogens is 3. The normalized spacial score (nSPS) is 11.2. The monoisotopic (exact) mass is 227 g/mol. The van der Waals surface area contributed by atoms with Gasteiger partial charge in [0.25, 0.3) is 0 Å². The zero-order chi connectivity index (χ0) is 11.8. The van der Waals surface area contributed by atoms with Gasteiger partial charge in [0.2, 0.25) is 5.88 Å². The van der Waals surface area contributed by atoms with E-state index >= 15 is 0 Å². The average molecular weight is 227 g/mol. The second-order valence-electron chi connectivity index (χ2n) is 3.92. The molecule has 0 saturated heterocycles. The summed E-state index contributed by atoms with van der Waals surface area (Å²) in [7, 11) is 0. The van der Waals surface area contributed by atoms with Gasteiger partial charge in [-0.05, 0) is 19.9 Å². The molecule has 4 heteroatoms. The number of hydrogen-bond donors (Lipinski definition) is 0. The molecule has 0 aliphatic carbocycles. The highest BCUT2D eigenvalue weighted by Crippen LogP contribution is 2.26. The van der Waals surface area contributed by atoms with Crippen molar-refractivity contribution in [2.75, 3.05) is 6.61 Å². The molecule has 1 aromatic carbocycles. The van der Waals surface area contributed by atoms with Crippen LogP contribution in [-0.4, -0.2) is 21.2 Å². The lowest BCUT2D eigenvalue weighted by Gasteiger charge is -2.08. The Morgan fingerprint density at radius 1 is 1.24 bits per heavy atom. The molecular weight excluding hydrogens is 214 g/mol. The van der Waals surface area contributed by atoms with Gasteiger partial charge in [0.05, 0.1) is 18.5 Å². The van der Waals surface area contributed by atoms with Gasteiger partial charge in [-0.2, -0.15) is 0 Å². The summed E-state index contributed by atoms with van der Waals surface area (Å²) < 4.78 is 7.42. The van der Waals surface area contributed by atoms with E-state index in [1.54, 1.807) is 0 Å². The maximum absolute atomic E-state index is 5.59. The molecule has 0 N–H and O–H groups in total. The standard InChI is InChI=1S/C13H13N3O/c1-3-17-13-11-7-5-4-6-10(11)12-14-8-9(2)16(12)15-13/h4-8H,3H2,1-2H3. The first-order valence-corrected chi connectivity index (χ1v) is 5.67. The molecule has 0 saturated carbocycles. The van der Waals surface area contributed by atoms with Crippen molar-refractivity contribution >= 4 is 16.4 Å². The molecule has 0 amide bonds. The van der Waals surface area contributed by atoms with Crippen LogP contribution >= 0.6 is 0 Å². The molecule has 0 aliphatic heterocycles. The van der Waals surface area contributed by atoms with Gasteiger partial charge in [-0.15, -0.1) is 5.10 Å². The van der Waals surface area contributed by atoms with E-state index in [0.29, 0.717) is 12.5 Å². The van der Waals surface area contributed by atoms with E-state index in [4.69, 9.17) is 4.74 Å². The van der Waals surface area contributed by atoms with Crippen molar-refractivity contribution in [2.24, 2.45) is 0 Å². The topological polar surface area (TPSA) is 39.4 Å². The van der Waals surface area contributed by atoms with E-state index in [1.807, 2.05) is 48.8 Å². The molecule has 17 heavy (non-hydrogen) atoms. The molecule has 3 rings (SSSR count). The average Bonchev–Trinajstić information content (AvgIpc) is 2.72. The van der Waals surface area contributed by atoms with Crippen molar-refractivity contribution in [1.29, 1.82) is 0 Å². The van der Waals surface area contributed by atoms with E-state index in [2.05, 4.69) is 10.1 Å². The van der Waals surface area contributed by atoms with Crippen LogP contribution in [0.3, 0.4) is 0 Å². The van der Waals surface area contributed by atoms with E-state index in [1.165, 1.54) is 0 Å². The maximum Gasteiger partial charge on any atom is 0.239 e. The summed E-state index contributed by atoms with van der Waals surface area (Å²) in [5.74, 6) is 0.664. The number of aryl methyl sites for hydroxylation is 1. The molecular formula is C13H13N3O. The van der Waals surface area contributed by atoms with Crippen LogP contribution in [0.1, 0.15) is 12.6 Å². The van der Waals surface area contributed by atoms with Gasteiger partial charge in [-0.1, -0.05) is 18.2 Å². The zero-order valence-electron chi connectivity index (χ0n) is 9.84. The van der Waals surface area contributed by atoms with Crippen molar-refractivity contribution in [2.45, 2.75) is 13.8 Å². The molecule has 0 aliphatic rings. The number of ether oxygens (including phenoxy) is 1. The van der Waals surface area contributed by atoms with Crippen LogP contribution in [0, 0.1) is 6.92 Å². The predicted octanol–water partition coefficient (Wildman–Crippen LogP) is 2.59. The summed E-state index contributed by atoms with van der Waals surface area (Å²) in [6, 6.07) is 8.04. The Hall–Kier alpha value is -2.10. The fraction of sp³-hybridized carbons (Fsp3) is 0.231. The van der Waals surface area contributed by atoms with Crippen molar-refractivity contribution in [3.63, 3.8) is 0 Å². The Balaban J connectivity index is 2.47. The van der Waals surface area contributed by atoms with Gasteiger partial charge < -0.3 is 4.74 Å². The number of rotatable bonds is 2. The third-order valence-electron chi connectivity index (χ3n) is 2.78. The highest BCUT2D eigenvalue weighted by Gasteiger charge is 2.10. The third-order valence-corrected chi connectivity index (χ3v) is 2.78. The van der Waals surface area contributed by atoms with Crippen molar-refractivity contribution in [3.05, 3.63) is 36.2 Å². The molecule has 0 fully saturated rings. The minimum absolute atomic E-state index is 0.607. The Morgan fingerprint density at radius 3 is 2.76 bits per heavy atom. The SMILES string of the molecule is CCOc1nn2c(C)cnc2c2ccccc12. The van der Waals surface area contributed by atoms with Crippen molar-refractivity contribution < 1.29 is 4.74 Å². The lowest BCUT2D eigenvalue weighted by atomic mass is 10.2. The van der Waals surface area contributed by atoms with Crippen LogP contribution in [-0.2, 0) is 0 Å². The number of hydrogen-bond acceptors (Lipinski definition) is 3. The van der Waals surface area contributed by atoms with Gasteiger partial charge in [0.15, 0.2) is 5.65 Å². The molecule has 2 aromatic heterocycles. The highest BCUT2D eigenvalue weighted by atomic mass is 16.5. The van der Waals surface area contributed by atoms with Crippen molar-refractivity contribution in [1.82, 2.24) is 14.6 Å². The Kier molecular flexibility index (Phi) is 2.21. The van der Waals surface area contributed by atoms with Gasteiger partial charge in [-0.3, -0.25) is 0 Å². The molecule has 2 heterocycles. The predicted molar refractivity (Wildman–Crippen MR) is 66.4 cm³/mol. The van der Waals surface area contributed by atoms with Gasteiger partial charge in [-0.25, -0.2) is 9.50 Å². The molecule has 0 radical (unpaired) electrons. The quantitative estimate of drug-likeness (QED) is 0.675. The van der Waals surface area contributed by atoms with Gasteiger partial charge >= 0.3 is 0 Å². The maximum atomic E-state index is 5.59. The molecule has 86 valence electrons. The van der Waals surface area contributed by atoms with Crippen LogP contribution in [0.4, 0.5) is 0 Å². The first-order chi connectivity index (χ1) is 8.31. The van der Waals surface area contributed by atoms with Crippen LogP contribution < -0.4 is 4.74 Å². The smallest absolute Gasteiger partial charge is 0.239 e. The molecule has 4 nitrogen and oxygen atoms in total. The summed E-state index contributed by atoms with van der Waals surface area (Å²) in [6.45, 7) is 4.55. The fourth-order valence-electron chi connectivity index (χ4n) is 1.99. The zero-order valence-corrected chi connectivity index (χ0v) is 9.84. The van der Waals surface area contributed by atoms with Crippen molar-refractivity contribution in [3.8, 4) is 5.88 Å². The highest BCUT2D eigenvalue weighted by molar-refractivity contribution is 5.96. The summed E-state index contributed by atoms with van der Waals surface area (Å²) >= 11 is 0. The van der Waals surface area contributed by atoms with Crippen LogP contribution in [0.2, 0.25) is 0 Å². The lowest BCUT2D eigenvalue weighted by Crippen LogP contribution is -2.02. The minimum Gasteiger partial charge on any atom is -0.476 e. The second-order valence-corrected chi connectivity index (χ2v) is 3.92. The van der Waals surface area contributed by atoms with Crippen LogP contribution in [0.15, 0.2) is 30.5 Å². The van der Waals surface area contributed by atoms with E-state index in [9.17, 15) is 0 Å². The Labute approximate surface area is 98.8 Å². The van der Waals surface area contributed by atoms with E-state index in [-0.39, 0.29) is 0 Å². The molecule has 0 unspecified atom stereocenters. The minimum atomic E-state index is 0.607. The largest absolute Gasteiger partial charge is 0.476 e. The Morgan fingerprint density at radius 2 is 2.00 bits per heavy atom.